The Hall–Kier alpha value is -3.47. The molecule has 5 heteroatoms. The number of hydrogen-bond acceptors (Lipinski definition) is 4. The van der Waals surface area contributed by atoms with E-state index in [1.165, 1.54) is 23.8 Å². The second kappa shape index (κ2) is 7.27. The molecule has 0 radical (unpaired) electrons. The molecule has 0 fully saturated rings. The topological polar surface area (TPSA) is 80.4 Å². The number of fused-ring (bicyclic) bond motifs is 1. The van der Waals surface area contributed by atoms with Crippen molar-refractivity contribution in [1.29, 1.82) is 0 Å². The van der Waals surface area contributed by atoms with E-state index in [-0.39, 0.29) is 29.1 Å². The minimum Gasteiger partial charge on any atom is -0.507 e. The Labute approximate surface area is 162 Å². The Morgan fingerprint density at radius 2 is 1.50 bits per heavy atom. The van der Waals surface area contributed by atoms with Crippen LogP contribution in [0.1, 0.15) is 33.0 Å². The van der Waals surface area contributed by atoms with Gasteiger partial charge in [-0.15, -0.1) is 0 Å². The highest BCUT2D eigenvalue weighted by Crippen LogP contribution is 2.40. The van der Waals surface area contributed by atoms with Crippen molar-refractivity contribution in [2.75, 3.05) is 0 Å². The summed E-state index contributed by atoms with van der Waals surface area (Å²) in [4.78, 5) is 23.9. The maximum absolute atomic E-state index is 13.3. The van der Waals surface area contributed by atoms with Gasteiger partial charge in [-0.05, 0) is 47.6 Å². The molecule has 0 bridgehead atoms. The van der Waals surface area contributed by atoms with Crippen LogP contribution in [0.25, 0.3) is 0 Å². The number of nitro groups is 1. The number of hydrogen-bond donors (Lipinski definition) is 1. The van der Waals surface area contributed by atoms with E-state index < -0.39 is 4.92 Å². The minimum atomic E-state index is -0.426. The molecule has 0 unspecified atom stereocenters. The van der Waals surface area contributed by atoms with Gasteiger partial charge in [-0.1, -0.05) is 48.5 Å². The molecule has 1 aliphatic rings. The predicted molar refractivity (Wildman–Crippen MR) is 106 cm³/mol. The maximum atomic E-state index is 13.3. The van der Waals surface area contributed by atoms with Crippen molar-refractivity contribution >= 4 is 11.5 Å². The molecule has 0 spiro atoms. The summed E-state index contributed by atoms with van der Waals surface area (Å²) in [5, 5.41) is 21.1. The van der Waals surface area contributed by atoms with Crippen LogP contribution in [0.4, 0.5) is 5.69 Å². The van der Waals surface area contributed by atoms with Crippen LogP contribution in [-0.4, -0.2) is 15.8 Å². The molecule has 0 aromatic heterocycles. The first-order valence-electron chi connectivity index (χ1n) is 9.18. The van der Waals surface area contributed by atoms with E-state index in [4.69, 9.17) is 0 Å². The molecule has 3 aromatic carbocycles. The zero-order chi connectivity index (χ0) is 19.7. The van der Waals surface area contributed by atoms with Gasteiger partial charge in [0.15, 0.2) is 5.78 Å². The number of nitro benzene ring substituents is 1. The molecule has 28 heavy (non-hydrogen) atoms. The average Bonchev–Trinajstić information content (AvgIpc) is 2.72. The smallest absolute Gasteiger partial charge is 0.269 e. The van der Waals surface area contributed by atoms with E-state index in [9.17, 15) is 20.0 Å². The van der Waals surface area contributed by atoms with Crippen LogP contribution in [0.15, 0.2) is 72.8 Å². The summed E-state index contributed by atoms with van der Waals surface area (Å²) in [6.45, 7) is 0. The molecule has 0 aliphatic heterocycles. The van der Waals surface area contributed by atoms with Gasteiger partial charge in [-0.2, -0.15) is 0 Å². The molecule has 0 saturated carbocycles. The van der Waals surface area contributed by atoms with Crippen LogP contribution in [0.5, 0.6) is 5.75 Å². The Morgan fingerprint density at radius 3 is 2.14 bits per heavy atom. The second-order valence-corrected chi connectivity index (χ2v) is 7.12. The third-order valence-corrected chi connectivity index (χ3v) is 5.52. The number of carbonyl (C=O) groups excluding carboxylic acids is 1. The lowest BCUT2D eigenvalue weighted by molar-refractivity contribution is -0.384. The average molecular weight is 373 g/mol. The molecule has 0 heterocycles. The number of non-ortho nitro benzene ring substituents is 1. The molecule has 2 atom stereocenters. The number of phenols is 1. The van der Waals surface area contributed by atoms with Gasteiger partial charge in [-0.25, -0.2) is 0 Å². The number of carbonyl (C=O) groups is 1. The highest BCUT2D eigenvalue weighted by molar-refractivity contribution is 6.01. The van der Waals surface area contributed by atoms with Gasteiger partial charge >= 0.3 is 0 Å². The van der Waals surface area contributed by atoms with Crippen LogP contribution < -0.4 is 0 Å². The first kappa shape index (κ1) is 17.9. The summed E-state index contributed by atoms with van der Waals surface area (Å²) in [7, 11) is 0. The highest BCUT2D eigenvalue weighted by Gasteiger charge is 2.35. The van der Waals surface area contributed by atoms with Gasteiger partial charge in [0.1, 0.15) is 5.75 Å². The number of benzene rings is 3. The number of ketones is 1. The van der Waals surface area contributed by atoms with Crippen molar-refractivity contribution in [3.8, 4) is 5.75 Å². The largest absolute Gasteiger partial charge is 0.507 e. The van der Waals surface area contributed by atoms with Crippen molar-refractivity contribution in [3.63, 3.8) is 0 Å². The third-order valence-electron chi connectivity index (χ3n) is 5.52. The standard InChI is InChI=1S/C23H19NO4/c25-22-8-4-3-7-19(22)23(26)21-14-17-6-2-1-5-16(17)13-20(21)15-9-11-18(12-10-15)24(27)28/h1-12,20-21,25H,13-14H2/t20-,21+/m0/s1. The number of aromatic hydroxyl groups is 1. The maximum Gasteiger partial charge on any atom is 0.269 e. The molecule has 0 saturated heterocycles. The van der Waals surface area contributed by atoms with E-state index in [2.05, 4.69) is 6.07 Å². The normalized spacial score (nSPS) is 18.3. The van der Waals surface area contributed by atoms with Crippen molar-refractivity contribution in [2.24, 2.45) is 5.92 Å². The molecule has 1 N–H and O–H groups in total. The van der Waals surface area contributed by atoms with Gasteiger partial charge in [0.05, 0.1) is 10.5 Å². The van der Waals surface area contributed by atoms with E-state index >= 15 is 0 Å². The molecular weight excluding hydrogens is 354 g/mol. The van der Waals surface area contributed by atoms with E-state index in [1.54, 1.807) is 30.3 Å². The van der Waals surface area contributed by atoms with Gasteiger partial charge < -0.3 is 5.11 Å². The van der Waals surface area contributed by atoms with E-state index in [0.29, 0.717) is 18.4 Å². The van der Waals surface area contributed by atoms with Gasteiger partial charge in [-0.3, -0.25) is 14.9 Å². The summed E-state index contributed by atoms with van der Waals surface area (Å²) in [6, 6.07) is 21.1. The summed E-state index contributed by atoms with van der Waals surface area (Å²) < 4.78 is 0. The van der Waals surface area contributed by atoms with Gasteiger partial charge in [0.25, 0.3) is 5.69 Å². The van der Waals surface area contributed by atoms with Crippen molar-refractivity contribution in [1.82, 2.24) is 0 Å². The van der Waals surface area contributed by atoms with Crippen molar-refractivity contribution in [2.45, 2.75) is 18.8 Å². The fourth-order valence-corrected chi connectivity index (χ4v) is 4.06. The molecule has 140 valence electrons. The van der Waals surface area contributed by atoms with Crippen LogP contribution in [0.3, 0.4) is 0 Å². The van der Waals surface area contributed by atoms with Crippen LogP contribution in [0, 0.1) is 16.0 Å². The monoisotopic (exact) mass is 373 g/mol. The first-order chi connectivity index (χ1) is 13.5. The lowest BCUT2D eigenvalue weighted by Gasteiger charge is -2.33. The van der Waals surface area contributed by atoms with Crippen molar-refractivity contribution < 1.29 is 14.8 Å². The summed E-state index contributed by atoms with van der Waals surface area (Å²) >= 11 is 0. The van der Waals surface area contributed by atoms with E-state index in [0.717, 1.165) is 11.1 Å². The Bertz CT molecular complexity index is 1040. The number of rotatable bonds is 4. The minimum absolute atomic E-state index is 0.0196. The highest BCUT2D eigenvalue weighted by atomic mass is 16.6. The lowest BCUT2D eigenvalue weighted by atomic mass is 9.70. The van der Waals surface area contributed by atoms with Crippen LogP contribution in [0.2, 0.25) is 0 Å². The Morgan fingerprint density at radius 1 is 0.893 bits per heavy atom. The third kappa shape index (κ3) is 3.27. The first-order valence-corrected chi connectivity index (χ1v) is 9.18. The summed E-state index contributed by atoms with van der Waals surface area (Å²) in [6.07, 6.45) is 1.25. The Kier molecular flexibility index (Phi) is 4.65. The summed E-state index contributed by atoms with van der Waals surface area (Å²) in [5.74, 6) is -0.572. The van der Waals surface area contributed by atoms with Crippen molar-refractivity contribution in [3.05, 3.63) is 105 Å². The quantitative estimate of drug-likeness (QED) is 0.409. The molecular formula is C23H19NO4. The SMILES string of the molecule is O=C(c1ccccc1O)[C@@H]1Cc2ccccc2C[C@H]1c1ccc([N+](=O)[O-])cc1. The molecule has 1 aliphatic carbocycles. The van der Waals surface area contributed by atoms with Gasteiger partial charge in [0, 0.05) is 18.1 Å². The van der Waals surface area contributed by atoms with Crippen LogP contribution >= 0.6 is 0 Å². The number of nitrogens with zero attached hydrogens (tertiary/aromatic N) is 1. The predicted octanol–water partition coefficient (Wildman–Crippen LogP) is 4.68. The van der Waals surface area contributed by atoms with E-state index in [1.807, 2.05) is 18.2 Å². The lowest BCUT2D eigenvalue weighted by Crippen LogP contribution is -2.30. The summed E-state index contributed by atoms with van der Waals surface area (Å²) in [5.41, 5.74) is 3.57. The Balaban J connectivity index is 1.75. The fourth-order valence-electron chi connectivity index (χ4n) is 4.06. The number of para-hydroxylation sites is 1. The van der Waals surface area contributed by atoms with Crippen LogP contribution in [-0.2, 0) is 12.8 Å². The molecule has 0 amide bonds. The zero-order valence-corrected chi connectivity index (χ0v) is 15.1. The number of Topliss-reactive ketones (excluding diaryl/α,β-unsaturated/α-hetero) is 1. The molecule has 5 nitrogen and oxygen atoms in total. The number of phenolic OH excluding ortho intramolecular Hbond substituents is 1. The molecule has 3 aromatic rings. The fraction of sp³-hybridized carbons (Fsp3) is 0.174. The zero-order valence-electron chi connectivity index (χ0n) is 15.1. The second-order valence-electron chi connectivity index (χ2n) is 7.12. The van der Waals surface area contributed by atoms with Gasteiger partial charge in [0.2, 0.25) is 0 Å². The molecule has 4 rings (SSSR count).